The number of carbonyl (C=O) groups is 3. The summed E-state index contributed by atoms with van der Waals surface area (Å²) in [5, 5.41) is 0.147. The molecular formula is C6H3NO3S. The first kappa shape index (κ1) is 7.74. The second kappa shape index (κ2) is 3.16. The van der Waals surface area contributed by atoms with E-state index < -0.39 is 0 Å². The molecule has 0 fully saturated rings. The van der Waals surface area contributed by atoms with E-state index in [4.69, 9.17) is 0 Å². The third-order valence-electron chi connectivity index (χ3n) is 1.02. The fraction of sp³-hybridized carbons (Fsp3) is 0. The molecule has 5 heteroatoms. The normalized spacial score (nSPS) is 9.09. The van der Waals surface area contributed by atoms with E-state index >= 15 is 0 Å². The molecule has 0 amide bonds. The smallest absolute Gasteiger partial charge is 0.178 e. The van der Waals surface area contributed by atoms with E-state index in [0.29, 0.717) is 18.9 Å². The zero-order valence-electron chi connectivity index (χ0n) is 5.31. The van der Waals surface area contributed by atoms with Gasteiger partial charge in [0.05, 0.1) is 4.88 Å². The molecule has 0 atom stereocenters. The summed E-state index contributed by atoms with van der Waals surface area (Å²) in [6, 6.07) is 0. The molecule has 0 radical (unpaired) electrons. The Bertz CT molecular complexity index is 279. The van der Waals surface area contributed by atoms with Crippen LogP contribution in [0.5, 0.6) is 0 Å². The molecule has 1 aromatic rings. The highest BCUT2D eigenvalue weighted by molar-refractivity contribution is 7.15. The van der Waals surface area contributed by atoms with Crippen molar-refractivity contribution in [3.8, 4) is 0 Å². The molecule has 4 nitrogen and oxygen atoms in total. The summed E-state index contributed by atoms with van der Waals surface area (Å²) in [5.41, 5.74) is 0.0344. The number of aldehydes is 3. The van der Waals surface area contributed by atoms with Crippen LogP contribution in [0.25, 0.3) is 0 Å². The Labute approximate surface area is 65.9 Å². The highest BCUT2D eigenvalue weighted by Crippen LogP contribution is 2.12. The van der Waals surface area contributed by atoms with Crippen LogP contribution in [0.1, 0.15) is 30.0 Å². The van der Waals surface area contributed by atoms with Crippen molar-refractivity contribution in [3.63, 3.8) is 0 Å². The van der Waals surface area contributed by atoms with Crippen molar-refractivity contribution in [2.24, 2.45) is 0 Å². The number of hydrogen-bond donors (Lipinski definition) is 0. The van der Waals surface area contributed by atoms with Gasteiger partial charge in [0, 0.05) is 0 Å². The third kappa shape index (κ3) is 1.38. The Kier molecular flexibility index (Phi) is 2.22. The van der Waals surface area contributed by atoms with Crippen molar-refractivity contribution in [2.75, 3.05) is 0 Å². The van der Waals surface area contributed by atoms with E-state index in [0.717, 1.165) is 11.3 Å². The minimum absolute atomic E-state index is 0.0344. The van der Waals surface area contributed by atoms with Gasteiger partial charge in [-0.1, -0.05) is 0 Å². The van der Waals surface area contributed by atoms with Crippen molar-refractivity contribution >= 4 is 30.2 Å². The summed E-state index contributed by atoms with van der Waals surface area (Å²) in [7, 11) is 0. The molecule has 0 unspecified atom stereocenters. The first-order valence-electron chi connectivity index (χ1n) is 2.68. The molecule has 56 valence electrons. The Morgan fingerprint density at radius 2 is 1.82 bits per heavy atom. The Morgan fingerprint density at radius 3 is 2.18 bits per heavy atom. The number of thiazole rings is 1. The van der Waals surface area contributed by atoms with Crippen LogP contribution in [0, 0.1) is 0 Å². The maximum absolute atomic E-state index is 10.2. The lowest BCUT2D eigenvalue weighted by molar-refractivity contribution is 0.109. The minimum atomic E-state index is 0.0344. The molecule has 0 saturated heterocycles. The summed E-state index contributed by atoms with van der Waals surface area (Å²) in [5.74, 6) is 0. The molecule has 0 spiro atoms. The quantitative estimate of drug-likeness (QED) is 0.621. The predicted molar refractivity (Wildman–Crippen MR) is 38.3 cm³/mol. The zero-order valence-corrected chi connectivity index (χ0v) is 6.13. The monoisotopic (exact) mass is 169 g/mol. The molecule has 0 saturated carbocycles. The minimum Gasteiger partial charge on any atom is -0.297 e. The standard InChI is InChI=1S/C6H3NO3S/c8-1-4-5(2-9)11-6(3-10)7-4/h1-3H. The topological polar surface area (TPSA) is 64.1 Å². The van der Waals surface area contributed by atoms with Crippen LogP contribution in [0.4, 0.5) is 0 Å². The number of rotatable bonds is 3. The van der Waals surface area contributed by atoms with Crippen molar-refractivity contribution in [1.29, 1.82) is 0 Å². The van der Waals surface area contributed by atoms with E-state index in [1.165, 1.54) is 0 Å². The highest BCUT2D eigenvalue weighted by Gasteiger charge is 2.07. The van der Waals surface area contributed by atoms with Gasteiger partial charge >= 0.3 is 0 Å². The van der Waals surface area contributed by atoms with Gasteiger partial charge in [0.15, 0.2) is 23.9 Å². The Balaban J connectivity index is 3.21. The summed E-state index contributed by atoms with van der Waals surface area (Å²) in [6.07, 6.45) is 1.46. The van der Waals surface area contributed by atoms with Crippen molar-refractivity contribution in [1.82, 2.24) is 4.98 Å². The summed E-state index contributed by atoms with van der Waals surface area (Å²) in [4.78, 5) is 34.3. The van der Waals surface area contributed by atoms with Gasteiger partial charge in [-0.15, -0.1) is 11.3 Å². The SMILES string of the molecule is O=Cc1nc(C=O)c(C=O)s1. The first-order valence-corrected chi connectivity index (χ1v) is 3.50. The summed E-state index contributed by atoms with van der Waals surface area (Å²) < 4.78 is 0. The molecule has 1 rings (SSSR count). The van der Waals surface area contributed by atoms with Crippen LogP contribution in [0.15, 0.2) is 0 Å². The fourth-order valence-corrected chi connectivity index (χ4v) is 1.24. The van der Waals surface area contributed by atoms with Gasteiger partial charge in [0.2, 0.25) is 0 Å². The Hall–Kier alpha value is -1.36. The van der Waals surface area contributed by atoms with E-state index in [1.807, 2.05) is 0 Å². The summed E-state index contributed by atoms with van der Waals surface area (Å²) in [6.45, 7) is 0. The largest absolute Gasteiger partial charge is 0.297 e. The second-order valence-corrected chi connectivity index (χ2v) is 2.72. The number of hydrogen-bond acceptors (Lipinski definition) is 5. The van der Waals surface area contributed by atoms with Gasteiger partial charge in [-0.3, -0.25) is 14.4 Å². The van der Waals surface area contributed by atoms with E-state index in [-0.39, 0.29) is 15.6 Å². The van der Waals surface area contributed by atoms with Crippen LogP contribution in [-0.2, 0) is 0 Å². The van der Waals surface area contributed by atoms with Crippen molar-refractivity contribution in [2.45, 2.75) is 0 Å². The molecule has 0 aliphatic rings. The van der Waals surface area contributed by atoms with Gasteiger partial charge in [0.1, 0.15) is 5.69 Å². The average molecular weight is 169 g/mol. The number of nitrogens with zero attached hydrogens (tertiary/aromatic N) is 1. The molecule has 0 aromatic carbocycles. The van der Waals surface area contributed by atoms with Crippen LogP contribution < -0.4 is 0 Å². The average Bonchev–Trinajstić information content (AvgIpc) is 2.46. The zero-order chi connectivity index (χ0) is 8.27. The molecule has 0 N–H and O–H groups in total. The van der Waals surface area contributed by atoms with Crippen LogP contribution in [0.2, 0.25) is 0 Å². The van der Waals surface area contributed by atoms with Gasteiger partial charge in [0.25, 0.3) is 0 Å². The molecule has 0 aliphatic carbocycles. The lowest BCUT2D eigenvalue weighted by Crippen LogP contribution is -1.85. The van der Waals surface area contributed by atoms with E-state index in [2.05, 4.69) is 4.98 Å². The predicted octanol–water partition coefficient (Wildman–Crippen LogP) is 0.581. The lowest BCUT2D eigenvalue weighted by atomic mass is 10.4. The first-order chi connectivity index (χ1) is 5.31. The second-order valence-electron chi connectivity index (χ2n) is 1.66. The molecule has 1 heterocycles. The maximum Gasteiger partial charge on any atom is 0.178 e. The molecule has 0 aliphatic heterocycles. The van der Waals surface area contributed by atoms with Gasteiger partial charge in [-0.25, -0.2) is 4.98 Å². The van der Waals surface area contributed by atoms with Gasteiger partial charge < -0.3 is 0 Å². The summed E-state index contributed by atoms with van der Waals surface area (Å²) >= 11 is 0.906. The van der Waals surface area contributed by atoms with Crippen molar-refractivity contribution in [3.05, 3.63) is 15.6 Å². The van der Waals surface area contributed by atoms with Crippen LogP contribution in [-0.4, -0.2) is 23.8 Å². The molecule has 1 aromatic heterocycles. The van der Waals surface area contributed by atoms with Crippen LogP contribution >= 0.6 is 11.3 Å². The molecular weight excluding hydrogens is 166 g/mol. The van der Waals surface area contributed by atoms with E-state index in [1.54, 1.807) is 0 Å². The van der Waals surface area contributed by atoms with E-state index in [9.17, 15) is 14.4 Å². The lowest BCUT2D eigenvalue weighted by Gasteiger charge is -1.76. The Morgan fingerprint density at radius 1 is 1.09 bits per heavy atom. The fourth-order valence-electron chi connectivity index (χ4n) is 0.581. The number of carbonyl (C=O) groups excluding carboxylic acids is 3. The van der Waals surface area contributed by atoms with Crippen molar-refractivity contribution < 1.29 is 14.4 Å². The number of aromatic nitrogens is 1. The highest BCUT2D eigenvalue weighted by atomic mass is 32.1. The van der Waals surface area contributed by atoms with Crippen LogP contribution in [0.3, 0.4) is 0 Å². The van der Waals surface area contributed by atoms with Gasteiger partial charge in [-0.05, 0) is 0 Å². The maximum atomic E-state index is 10.2. The molecule has 0 bridgehead atoms. The third-order valence-corrected chi connectivity index (χ3v) is 1.94. The molecule has 11 heavy (non-hydrogen) atoms. The van der Waals surface area contributed by atoms with Gasteiger partial charge in [-0.2, -0.15) is 0 Å².